The van der Waals surface area contributed by atoms with Crippen molar-refractivity contribution in [1.29, 1.82) is 0 Å². The van der Waals surface area contributed by atoms with Crippen LogP contribution in [0.4, 0.5) is 0 Å². The van der Waals surface area contributed by atoms with Crippen molar-refractivity contribution in [2.45, 2.75) is 43.6 Å². The van der Waals surface area contributed by atoms with Gasteiger partial charge < -0.3 is 15.2 Å². The van der Waals surface area contributed by atoms with E-state index in [4.69, 9.17) is 4.74 Å². The molecule has 0 aliphatic heterocycles. The number of hydrogen-bond acceptors (Lipinski definition) is 4. The van der Waals surface area contributed by atoms with Crippen molar-refractivity contribution in [1.82, 2.24) is 5.32 Å². The zero-order valence-electron chi connectivity index (χ0n) is 12.6. The minimum Gasteiger partial charge on any atom is -0.496 e. The Labute approximate surface area is 126 Å². The van der Waals surface area contributed by atoms with Crippen molar-refractivity contribution >= 4 is 11.8 Å². The number of thioether (sulfide) groups is 1. The Hall–Kier alpha value is -0.710. The normalized spacial score (nSPS) is 26.9. The predicted octanol–water partition coefficient (Wildman–Crippen LogP) is 2.99. The van der Waals surface area contributed by atoms with Crippen LogP contribution in [0.3, 0.4) is 0 Å². The number of rotatable bonds is 7. The number of benzene rings is 1. The van der Waals surface area contributed by atoms with Gasteiger partial charge in [-0.25, -0.2) is 0 Å². The summed E-state index contributed by atoms with van der Waals surface area (Å²) < 4.78 is 5.39. The summed E-state index contributed by atoms with van der Waals surface area (Å²) in [6.07, 6.45) is 2.02. The highest BCUT2D eigenvalue weighted by Crippen LogP contribution is 2.41. The Morgan fingerprint density at radius 3 is 2.85 bits per heavy atom. The summed E-state index contributed by atoms with van der Waals surface area (Å²) in [7, 11) is 1.69. The Morgan fingerprint density at radius 2 is 2.25 bits per heavy atom. The van der Waals surface area contributed by atoms with Gasteiger partial charge >= 0.3 is 0 Å². The van der Waals surface area contributed by atoms with E-state index in [0.29, 0.717) is 11.8 Å². The fourth-order valence-corrected chi connectivity index (χ4v) is 3.90. The quantitative estimate of drug-likeness (QED) is 0.811. The summed E-state index contributed by atoms with van der Waals surface area (Å²) in [6.45, 7) is 4.90. The van der Waals surface area contributed by atoms with Crippen molar-refractivity contribution < 1.29 is 9.84 Å². The van der Waals surface area contributed by atoms with Gasteiger partial charge in [-0.15, -0.1) is 0 Å². The third-order valence-electron chi connectivity index (χ3n) is 4.13. The first-order chi connectivity index (χ1) is 9.60. The van der Waals surface area contributed by atoms with Crippen LogP contribution >= 0.6 is 11.8 Å². The van der Waals surface area contributed by atoms with Gasteiger partial charge in [0.25, 0.3) is 0 Å². The highest BCUT2D eigenvalue weighted by Gasteiger charge is 2.45. The number of para-hydroxylation sites is 1. The van der Waals surface area contributed by atoms with Crippen molar-refractivity contribution in [3.05, 3.63) is 29.8 Å². The molecular formula is C16H25NO2S. The predicted molar refractivity (Wildman–Crippen MR) is 85.5 cm³/mol. The fourth-order valence-electron chi connectivity index (χ4n) is 2.70. The topological polar surface area (TPSA) is 41.5 Å². The van der Waals surface area contributed by atoms with E-state index >= 15 is 0 Å². The molecule has 0 aromatic heterocycles. The van der Waals surface area contributed by atoms with Gasteiger partial charge in [0.2, 0.25) is 0 Å². The third-order valence-corrected chi connectivity index (χ3v) is 5.54. The molecule has 0 unspecified atom stereocenters. The molecule has 1 saturated carbocycles. The van der Waals surface area contributed by atoms with Crippen LogP contribution in [-0.2, 0) is 0 Å². The molecule has 0 bridgehead atoms. The maximum absolute atomic E-state index is 10.6. The molecule has 1 aliphatic rings. The minimum absolute atomic E-state index is 0.169. The van der Waals surface area contributed by atoms with Gasteiger partial charge in [-0.1, -0.05) is 25.1 Å². The highest BCUT2D eigenvalue weighted by molar-refractivity contribution is 8.00. The standard InChI is InChI=1S/C16H25NO2S/c1-4-20-15-9-10-16(15,18)11-17-12(2)13-7-5-6-8-14(13)19-3/h5-8,12,15,17-18H,4,9-11H2,1-3H3/t12-,15+,16+/m0/s1. The van der Waals surface area contributed by atoms with E-state index in [1.54, 1.807) is 7.11 Å². The second kappa shape index (κ2) is 6.83. The second-order valence-corrected chi connectivity index (χ2v) is 6.91. The van der Waals surface area contributed by atoms with Gasteiger partial charge in [-0.05, 0) is 31.6 Å². The highest BCUT2D eigenvalue weighted by atomic mass is 32.2. The van der Waals surface area contributed by atoms with Gasteiger partial charge in [-0.2, -0.15) is 11.8 Å². The van der Waals surface area contributed by atoms with Gasteiger partial charge in [0.1, 0.15) is 5.75 Å². The maximum Gasteiger partial charge on any atom is 0.123 e. The molecular weight excluding hydrogens is 270 g/mol. The summed E-state index contributed by atoms with van der Waals surface area (Å²) in [4.78, 5) is 0. The van der Waals surface area contributed by atoms with E-state index in [1.165, 1.54) is 0 Å². The van der Waals surface area contributed by atoms with E-state index in [9.17, 15) is 5.11 Å². The maximum atomic E-state index is 10.6. The van der Waals surface area contributed by atoms with E-state index in [-0.39, 0.29) is 6.04 Å². The fraction of sp³-hybridized carbons (Fsp3) is 0.625. The van der Waals surface area contributed by atoms with Crippen LogP contribution in [0.1, 0.15) is 38.3 Å². The van der Waals surface area contributed by atoms with Crippen LogP contribution in [0.15, 0.2) is 24.3 Å². The largest absolute Gasteiger partial charge is 0.496 e. The lowest BCUT2D eigenvalue weighted by Gasteiger charge is -2.45. The first-order valence-corrected chi connectivity index (χ1v) is 8.36. The Bertz CT molecular complexity index is 440. The Kier molecular flexibility index (Phi) is 5.35. The molecule has 0 amide bonds. The molecule has 4 heteroatoms. The first kappa shape index (κ1) is 15.7. The van der Waals surface area contributed by atoms with E-state index < -0.39 is 5.60 Å². The molecule has 0 saturated heterocycles. The summed E-state index contributed by atoms with van der Waals surface area (Å²) in [5.74, 6) is 1.96. The molecule has 1 aromatic rings. The molecule has 2 rings (SSSR count). The van der Waals surface area contributed by atoms with Crippen molar-refractivity contribution in [2.24, 2.45) is 0 Å². The number of methoxy groups -OCH3 is 1. The van der Waals surface area contributed by atoms with E-state index in [0.717, 1.165) is 29.9 Å². The SMILES string of the molecule is CCS[C@@H]1CC[C@@]1(O)CN[C@@H](C)c1ccccc1OC. The smallest absolute Gasteiger partial charge is 0.123 e. The molecule has 112 valence electrons. The molecule has 3 nitrogen and oxygen atoms in total. The molecule has 1 aliphatic carbocycles. The van der Waals surface area contributed by atoms with Gasteiger partial charge in [0, 0.05) is 23.4 Å². The van der Waals surface area contributed by atoms with Crippen molar-refractivity contribution in [2.75, 3.05) is 19.4 Å². The molecule has 20 heavy (non-hydrogen) atoms. The molecule has 0 radical (unpaired) electrons. The Morgan fingerprint density at radius 1 is 1.50 bits per heavy atom. The van der Waals surface area contributed by atoms with Crippen LogP contribution in [0.5, 0.6) is 5.75 Å². The van der Waals surface area contributed by atoms with Crippen LogP contribution in [0.25, 0.3) is 0 Å². The lowest BCUT2D eigenvalue weighted by Crippen LogP contribution is -2.56. The second-order valence-electron chi connectivity index (χ2n) is 5.43. The Balaban J connectivity index is 1.93. The van der Waals surface area contributed by atoms with E-state index in [2.05, 4.69) is 25.2 Å². The number of nitrogens with one attached hydrogen (secondary N) is 1. The molecule has 0 spiro atoms. The van der Waals surface area contributed by atoms with Crippen LogP contribution in [0, 0.1) is 0 Å². The molecule has 1 fully saturated rings. The minimum atomic E-state index is -0.545. The molecule has 2 N–H and O–H groups in total. The summed E-state index contributed by atoms with van der Waals surface area (Å²) in [5, 5.41) is 14.4. The zero-order chi connectivity index (χ0) is 14.6. The lowest BCUT2D eigenvalue weighted by molar-refractivity contribution is -0.0250. The summed E-state index contributed by atoms with van der Waals surface area (Å²) >= 11 is 1.87. The van der Waals surface area contributed by atoms with Gasteiger partial charge in [0.15, 0.2) is 0 Å². The van der Waals surface area contributed by atoms with Crippen molar-refractivity contribution in [3.8, 4) is 5.75 Å². The average Bonchev–Trinajstić information content (AvgIpc) is 2.48. The molecule has 3 atom stereocenters. The number of aliphatic hydroxyl groups is 1. The summed E-state index contributed by atoms with van der Waals surface area (Å²) in [6, 6.07) is 8.20. The van der Waals surface area contributed by atoms with E-state index in [1.807, 2.05) is 30.0 Å². The van der Waals surface area contributed by atoms with Crippen LogP contribution in [-0.4, -0.2) is 35.4 Å². The van der Waals surface area contributed by atoms with Crippen LogP contribution < -0.4 is 10.1 Å². The lowest BCUT2D eigenvalue weighted by atomic mass is 9.79. The number of hydrogen-bond donors (Lipinski definition) is 2. The summed E-state index contributed by atoms with van der Waals surface area (Å²) in [5.41, 5.74) is 0.592. The first-order valence-electron chi connectivity index (χ1n) is 7.31. The monoisotopic (exact) mass is 295 g/mol. The van der Waals surface area contributed by atoms with Gasteiger partial charge in [0.05, 0.1) is 12.7 Å². The molecule has 1 aromatic carbocycles. The average molecular weight is 295 g/mol. The van der Waals surface area contributed by atoms with Crippen LogP contribution in [0.2, 0.25) is 0 Å². The molecule has 0 heterocycles. The van der Waals surface area contributed by atoms with Crippen molar-refractivity contribution in [3.63, 3.8) is 0 Å². The van der Waals surface area contributed by atoms with Gasteiger partial charge in [-0.3, -0.25) is 0 Å². The zero-order valence-corrected chi connectivity index (χ0v) is 13.4. The third kappa shape index (κ3) is 3.30. The number of ether oxygens (including phenoxy) is 1.